The quantitative estimate of drug-likeness (QED) is 0.707. The number of piperidine rings is 1. The molecule has 30 heavy (non-hydrogen) atoms. The monoisotopic (exact) mass is 437 g/mol. The van der Waals surface area contributed by atoms with Gasteiger partial charge in [-0.2, -0.15) is 4.31 Å². The Morgan fingerprint density at radius 3 is 2.43 bits per heavy atom. The second-order valence-electron chi connectivity index (χ2n) is 8.80. The lowest BCUT2D eigenvalue weighted by Crippen LogP contribution is -2.51. The van der Waals surface area contributed by atoms with E-state index in [2.05, 4.69) is 31.0 Å². The summed E-state index contributed by atoms with van der Waals surface area (Å²) in [5.74, 6) is 0.603. The Hall–Kier alpha value is -1.48. The van der Waals surface area contributed by atoms with Crippen molar-refractivity contribution >= 4 is 15.9 Å². The summed E-state index contributed by atoms with van der Waals surface area (Å²) >= 11 is 0. The number of benzene rings is 1. The van der Waals surface area contributed by atoms with Gasteiger partial charge in [0.1, 0.15) is 0 Å². The van der Waals surface area contributed by atoms with Gasteiger partial charge in [-0.1, -0.05) is 20.8 Å². The van der Waals surface area contributed by atoms with Crippen molar-refractivity contribution in [2.24, 2.45) is 11.8 Å². The molecule has 0 bridgehead atoms. The molecule has 2 fully saturated rings. The van der Waals surface area contributed by atoms with E-state index in [4.69, 9.17) is 4.74 Å². The van der Waals surface area contributed by atoms with Crippen LogP contribution in [0.2, 0.25) is 0 Å². The number of hydrogen-bond donors (Lipinski definition) is 1. The Morgan fingerprint density at radius 2 is 1.83 bits per heavy atom. The maximum atomic E-state index is 12.9. The Morgan fingerprint density at radius 1 is 1.17 bits per heavy atom. The van der Waals surface area contributed by atoms with Gasteiger partial charge in [0.05, 0.1) is 18.1 Å². The van der Waals surface area contributed by atoms with Crippen molar-refractivity contribution in [1.29, 1.82) is 0 Å². The molecule has 1 amide bonds. The molecule has 7 nitrogen and oxygen atoms in total. The van der Waals surface area contributed by atoms with E-state index in [0.717, 1.165) is 39.1 Å². The van der Waals surface area contributed by atoms with Crippen LogP contribution in [0.25, 0.3) is 0 Å². The highest BCUT2D eigenvalue weighted by atomic mass is 32.2. The van der Waals surface area contributed by atoms with Crippen molar-refractivity contribution in [3.05, 3.63) is 29.8 Å². The number of hydrogen-bond acceptors (Lipinski definition) is 5. The summed E-state index contributed by atoms with van der Waals surface area (Å²) in [4.78, 5) is 15.3. The lowest BCUT2D eigenvalue weighted by atomic mass is 10.0. The van der Waals surface area contributed by atoms with Gasteiger partial charge >= 0.3 is 0 Å². The van der Waals surface area contributed by atoms with E-state index in [0.29, 0.717) is 37.0 Å². The summed E-state index contributed by atoms with van der Waals surface area (Å²) in [5, 5.41) is 3.02. The molecule has 2 saturated heterocycles. The summed E-state index contributed by atoms with van der Waals surface area (Å²) in [7, 11) is -3.51. The number of morpholine rings is 1. The summed E-state index contributed by atoms with van der Waals surface area (Å²) in [6, 6.07) is 6.55. The summed E-state index contributed by atoms with van der Waals surface area (Å²) in [6.07, 6.45) is 1.95. The van der Waals surface area contributed by atoms with E-state index in [1.807, 2.05) is 0 Å². The topological polar surface area (TPSA) is 79.0 Å². The van der Waals surface area contributed by atoms with E-state index in [-0.39, 0.29) is 16.8 Å². The van der Waals surface area contributed by atoms with Gasteiger partial charge in [-0.15, -0.1) is 0 Å². The highest BCUT2D eigenvalue weighted by molar-refractivity contribution is 7.89. The largest absolute Gasteiger partial charge is 0.379 e. The molecule has 2 aliphatic rings. The zero-order valence-corrected chi connectivity index (χ0v) is 19.2. The molecular formula is C22H35N3O4S. The normalized spacial score (nSPS) is 22.7. The van der Waals surface area contributed by atoms with Crippen LogP contribution < -0.4 is 5.32 Å². The number of ether oxygens (including phenoxy) is 1. The molecule has 2 aliphatic heterocycles. The minimum Gasteiger partial charge on any atom is -0.379 e. The molecule has 1 aromatic rings. The maximum Gasteiger partial charge on any atom is 0.251 e. The average Bonchev–Trinajstić information content (AvgIpc) is 2.74. The predicted molar refractivity (Wildman–Crippen MR) is 117 cm³/mol. The molecular weight excluding hydrogens is 402 g/mol. The third-order valence-corrected chi connectivity index (χ3v) is 8.01. The van der Waals surface area contributed by atoms with Gasteiger partial charge < -0.3 is 10.1 Å². The third-order valence-electron chi connectivity index (χ3n) is 6.13. The minimum absolute atomic E-state index is 0.176. The van der Waals surface area contributed by atoms with Crippen molar-refractivity contribution in [1.82, 2.24) is 14.5 Å². The standard InChI is InChI=1S/C22H35N3O4S/c1-17(2)21(24-11-13-29-14-12-24)15-23-22(26)19-6-8-20(9-7-19)30(27,28)25-10-4-5-18(3)16-25/h6-9,17-18,21H,4-5,10-16H2,1-3H3,(H,23,26)/t18-,21-/m1/s1. The fourth-order valence-electron chi connectivity index (χ4n) is 4.29. The number of nitrogens with one attached hydrogen (secondary N) is 1. The molecule has 2 heterocycles. The van der Waals surface area contributed by atoms with E-state index in [1.165, 1.54) is 0 Å². The average molecular weight is 438 g/mol. The molecule has 8 heteroatoms. The van der Waals surface area contributed by atoms with E-state index in [9.17, 15) is 13.2 Å². The number of sulfonamides is 1. The van der Waals surface area contributed by atoms with Crippen LogP contribution in [0.5, 0.6) is 0 Å². The second kappa shape index (κ2) is 10.2. The first kappa shape index (κ1) is 23.2. The fraction of sp³-hybridized carbons (Fsp3) is 0.682. The van der Waals surface area contributed by atoms with E-state index >= 15 is 0 Å². The zero-order chi connectivity index (χ0) is 21.7. The molecule has 1 aromatic carbocycles. The van der Waals surface area contributed by atoms with Gasteiger partial charge in [0, 0.05) is 44.3 Å². The summed E-state index contributed by atoms with van der Waals surface area (Å²) < 4.78 is 32.8. The Labute approximate surface area is 180 Å². The number of carbonyl (C=O) groups excluding carboxylic acids is 1. The third kappa shape index (κ3) is 5.60. The maximum absolute atomic E-state index is 12.9. The van der Waals surface area contributed by atoms with Gasteiger partial charge in [-0.25, -0.2) is 8.42 Å². The molecule has 0 spiro atoms. The van der Waals surface area contributed by atoms with Gasteiger partial charge in [-0.3, -0.25) is 9.69 Å². The van der Waals surface area contributed by atoms with Crippen molar-refractivity contribution in [3.63, 3.8) is 0 Å². The van der Waals surface area contributed by atoms with Crippen molar-refractivity contribution < 1.29 is 17.9 Å². The van der Waals surface area contributed by atoms with E-state index in [1.54, 1.807) is 28.6 Å². The van der Waals surface area contributed by atoms with Crippen molar-refractivity contribution in [3.8, 4) is 0 Å². The number of rotatable bonds is 7. The molecule has 2 atom stereocenters. The molecule has 0 aromatic heterocycles. The van der Waals surface area contributed by atoms with Crippen molar-refractivity contribution in [2.45, 2.75) is 44.6 Å². The van der Waals surface area contributed by atoms with Crippen molar-refractivity contribution in [2.75, 3.05) is 45.9 Å². The Kier molecular flexibility index (Phi) is 7.90. The van der Waals surface area contributed by atoms with E-state index < -0.39 is 10.0 Å². The SMILES string of the molecule is CC(C)[C@@H](CNC(=O)c1ccc(S(=O)(=O)N2CCC[C@@H](C)C2)cc1)N1CCOCC1. The molecule has 0 saturated carbocycles. The first-order valence-corrected chi connectivity index (χ1v) is 12.4. The number of carbonyl (C=O) groups is 1. The molecule has 3 rings (SSSR count). The van der Waals surface area contributed by atoms with Gasteiger partial charge in [0.15, 0.2) is 0 Å². The van der Waals surface area contributed by atoms with Crippen LogP contribution in [0, 0.1) is 11.8 Å². The fourth-order valence-corrected chi connectivity index (χ4v) is 5.89. The Balaban J connectivity index is 1.61. The van der Waals surface area contributed by atoms with Crippen LogP contribution in [-0.4, -0.2) is 75.5 Å². The number of amides is 1. The predicted octanol–water partition coefficient (Wildman–Crippen LogP) is 2.19. The summed E-state index contributed by atoms with van der Waals surface area (Å²) in [5.41, 5.74) is 0.477. The lowest BCUT2D eigenvalue weighted by molar-refractivity contribution is 0.00672. The first-order chi connectivity index (χ1) is 14.3. The minimum atomic E-state index is -3.51. The molecule has 0 unspecified atom stereocenters. The van der Waals surface area contributed by atoms with Gasteiger partial charge in [0.2, 0.25) is 10.0 Å². The van der Waals surface area contributed by atoms with Crippen LogP contribution in [0.15, 0.2) is 29.2 Å². The van der Waals surface area contributed by atoms with Crippen LogP contribution in [-0.2, 0) is 14.8 Å². The first-order valence-electron chi connectivity index (χ1n) is 11.0. The van der Waals surface area contributed by atoms with Gasteiger partial charge in [-0.05, 0) is 48.9 Å². The zero-order valence-electron chi connectivity index (χ0n) is 18.3. The number of nitrogens with zero attached hydrogens (tertiary/aromatic N) is 2. The molecule has 0 radical (unpaired) electrons. The molecule has 168 valence electrons. The molecule has 1 N–H and O–H groups in total. The highest BCUT2D eigenvalue weighted by Gasteiger charge is 2.29. The smallest absolute Gasteiger partial charge is 0.251 e. The second-order valence-corrected chi connectivity index (χ2v) is 10.7. The lowest BCUT2D eigenvalue weighted by Gasteiger charge is -2.36. The van der Waals surface area contributed by atoms with Crippen LogP contribution in [0.4, 0.5) is 0 Å². The van der Waals surface area contributed by atoms with Gasteiger partial charge in [0.25, 0.3) is 5.91 Å². The summed E-state index contributed by atoms with van der Waals surface area (Å²) in [6.45, 7) is 11.3. The Bertz CT molecular complexity index is 804. The van der Waals surface area contributed by atoms with Crippen LogP contribution in [0.3, 0.4) is 0 Å². The van der Waals surface area contributed by atoms with Crippen LogP contribution in [0.1, 0.15) is 44.0 Å². The van der Waals surface area contributed by atoms with Crippen LogP contribution >= 0.6 is 0 Å². The molecule has 0 aliphatic carbocycles. The highest BCUT2D eigenvalue weighted by Crippen LogP contribution is 2.23.